The molecule has 0 spiro atoms. The van der Waals surface area contributed by atoms with E-state index in [9.17, 15) is 19.8 Å². The van der Waals surface area contributed by atoms with E-state index in [-0.39, 0.29) is 35.4 Å². The van der Waals surface area contributed by atoms with Crippen molar-refractivity contribution in [2.75, 3.05) is 0 Å². The molecule has 1 atom stereocenters. The van der Waals surface area contributed by atoms with E-state index in [1.807, 2.05) is 30.3 Å². The number of carbonyl (C=O) groups is 2. The van der Waals surface area contributed by atoms with Crippen molar-refractivity contribution < 1.29 is 19.8 Å². The van der Waals surface area contributed by atoms with Crippen LogP contribution in [0.2, 0.25) is 0 Å². The maximum absolute atomic E-state index is 12.1. The summed E-state index contributed by atoms with van der Waals surface area (Å²) >= 11 is 0. The van der Waals surface area contributed by atoms with Gasteiger partial charge in [-0.25, -0.2) is 0 Å². The number of ketones is 2. The molecular formula is C20H20O4. The van der Waals surface area contributed by atoms with Gasteiger partial charge in [0.1, 0.15) is 5.78 Å². The molecule has 0 aliphatic rings. The van der Waals surface area contributed by atoms with Crippen LogP contribution in [0.3, 0.4) is 0 Å². The number of carbonyl (C=O) groups excluding carboxylic acids is 2. The minimum absolute atomic E-state index is 0.0112. The first-order chi connectivity index (χ1) is 11.5. The Kier molecular flexibility index (Phi) is 5.90. The number of hydrogen-bond donors (Lipinski definition) is 2. The number of allylic oxidation sites excluding steroid dienone is 1. The molecule has 124 valence electrons. The second-order valence-electron chi connectivity index (χ2n) is 5.75. The third-order valence-electron chi connectivity index (χ3n) is 3.81. The first-order valence-corrected chi connectivity index (χ1v) is 7.73. The van der Waals surface area contributed by atoms with Crippen molar-refractivity contribution in [3.63, 3.8) is 0 Å². The number of rotatable bonds is 7. The maximum Gasteiger partial charge on any atom is 0.157 e. The number of phenols is 2. The summed E-state index contributed by atoms with van der Waals surface area (Å²) < 4.78 is 0. The number of benzene rings is 2. The van der Waals surface area contributed by atoms with Gasteiger partial charge in [-0.3, -0.25) is 9.59 Å². The van der Waals surface area contributed by atoms with E-state index in [4.69, 9.17) is 0 Å². The van der Waals surface area contributed by atoms with Crippen molar-refractivity contribution in [2.45, 2.75) is 19.8 Å². The highest BCUT2D eigenvalue weighted by molar-refractivity contribution is 5.96. The van der Waals surface area contributed by atoms with E-state index >= 15 is 0 Å². The van der Waals surface area contributed by atoms with Gasteiger partial charge in [0.05, 0.1) is 0 Å². The highest BCUT2D eigenvalue weighted by Gasteiger charge is 2.17. The van der Waals surface area contributed by atoms with Crippen LogP contribution >= 0.6 is 0 Å². The molecule has 0 unspecified atom stereocenters. The molecule has 0 radical (unpaired) electrons. The molecular weight excluding hydrogens is 304 g/mol. The first-order valence-electron chi connectivity index (χ1n) is 7.73. The number of phenolic OH excluding ortho intramolecular Hbond substituents is 2. The van der Waals surface area contributed by atoms with Crippen molar-refractivity contribution in [3.8, 4) is 11.5 Å². The molecule has 0 saturated heterocycles. The Morgan fingerprint density at radius 2 is 1.75 bits per heavy atom. The normalized spacial score (nSPS) is 12.2. The zero-order chi connectivity index (χ0) is 17.5. The Hall–Kier alpha value is -2.88. The fourth-order valence-electron chi connectivity index (χ4n) is 2.40. The SMILES string of the molecule is CC(=O)[C@H](CC(=O)/C=C/c1ccc(O)c(O)c1)Cc1ccccc1. The van der Waals surface area contributed by atoms with E-state index < -0.39 is 0 Å². The van der Waals surface area contributed by atoms with Crippen LogP contribution in [0.15, 0.2) is 54.6 Å². The Morgan fingerprint density at radius 1 is 1.04 bits per heavy atom. The first kappa shape index (κ1) is 17.5. The van der Waals surface area contributed by atoms with Crippen molar-refractivity contribution in [3.05, 3.63) is 65.7 Å². The molecule has 0 saturated carbocycles. The average Bonchev–Trinajstić information content (AvgIpc) is 2.56. The average molecular weight is 324 g/mol. The Morgan fingerprint density at radius 3 is 2.38 bits per heavy atom. The van der Waals surface area contributed by atoms with Crippen LogP contribution in [0.1, 0.15) is 24.5 Å². The summed E-state index contributed by atoms with van der Waals surface area (Å²) in [5, 5.41) is 18.7. The Bertz CT molecular complexity index is 747. The summed E-state index contributed by atoms with van der Waals surface area (Å²) in [7, 11) is 0. The third-order valence-corrected chi connectivity index (χ3v) is 3.81. The van der Waals surface area contributed by atoms with E-state index in [0.717, 1.165) is 5.56 Å². The fraction of sp³-hybridized carbons (Fsp3) is 0.200. The Labute approximate surface area is 141 Å². The fourth-order valence-corrected chi connectivity index (χ4v) is 2.40. The highest BCUT2D eigenvalue weighted by Crippen LogP contribution is 2.25. The third kappa shape index (κ3) is 5.09. The lowest BCUT2D eigenvalue weighted by atomic mass is 9.91. The summed E-state index contributed by atoms with van der Waals surface area (Å²) in [6.07, 6.45) is 3.63. The van der Waals surface area contributed by atoms with Crippen LogP contribution in [0.4, 0.5) is 0 Å². The van der Waals surface area contributed by atoms with Gasteiger partial charge >= 0.3 is 0 Å². The lowest BCUT2D eigenvalue weighted by Crippen LogP contribution is -2.17. The molecule has 0 heterocycles. The van der Waals surface area contributed by atoms with E-state index in [1.165, 1.54) is 25.1 Å². The van der Waals surface area contributed by atoms with E-state index in [1.54, 1.807) is 12.1 Å². The number of aromatic hydroxyl groups is 2. The molecule has 2 rings (SSSR count). The lowest BCUT2D eigenvalue weighted by molar-refractivity contribution is -0.124. The van der Waals surface area contributed by atoms with Crippen molar-refractivity contribution in [1.29, 1.82) is 0 Å². The molecule has 2 aromatic rings. The van der Waals surface area contributed by atoms with Gasteiger partial charge < -0.3 is 10.2 Å². The van der Waals surface area contributed by atoms with Crippen molar-refractivity contribution in [1.82, 2.24) is 0 Å². The largest absolute Gasteiger partial charge is 0.504 e. The van der Waals surface area contributed by atoms with Gasteiger partial charge in [-0.15, -0.1) is 0 Å². The summed E-state index contributed by atoms with van der Waals surface area (Å²) in [5.41, 5.74) is 1.62. The quantitative estimate of drug-likeness (QED) is 0.603. The number of hydrogen-bond acceptors (Lipinski definition) is 4. The molecule has 24 heavy (non-hydrogen) atoms. The summed E-state index contributed by atoms with van der Waals surface area (Å²) in [6, 6.07) is 13.9. The monoisotopic (exact) mass is 324 g/mol. The minimum atomic E-state index is -0.349. The van der Waals surface area contributed by atoms with E-state index in [0.29, 0.717) is 12.0 Å². The predicted octanol–water partition coefficient (Wildman–Crippen LogP) is 3.52. The Balaban J connectivity index is 2.01. The zero-order valence-corrected chi connectivity index (χ0v) is 13.5. The van der Waals surface area contributed by atoms with Crippen LogP contribution in [0.25, 0.3) is 6.08 Å². The molecule has 4 heteroatoms. The van der Waals surface area contributed by atoms with Gasteiger partial charge in [-0.2, -0.15) is 0 Å². The smallest absolute Gasteiger partial charge is 0.157 e. The highest BCUT2D eigenvalue weighted by atomic mass is 16.3. The molecule has 4 nitrogen and oxygen atoms in total. The van der Waals surface area contributed by atoms with E-state index in [2.05, 4.69) is 0 Å². The second-order valence-corrected chi connectivity index (χ2v) is 5.75. The van der Waals surface area contributed by atoms with Crippen LogP contribution in [-0.4, -0.2) is 21.8 Å². The topological polar surface area (TPSA) is 74.6 Å². The van der Waals surface area contributed by atoms with Crippen LogP contribution in [0, 0.1) is 5.92 Å². The summed E-state index contributed by atoms with van der Waals surface area (Å²) in [4.78, 5) is 23.9. The summed E-state index contributed by atoms with van der Waals surface area (Å²) in [5.74, 6) is -0.965. The standard InChI is InChI=1S/C20H20O4/c1-14(21)17(11-15-5-3-2-4-6-15)13-18(22)9-7-16-8-10-19(23)20(24)12-16/h2-10,12,17,23-24H,11,13H2,1H3/b9-7+/t17-/m0/s1. The van der Waals surface area contributed by atoms with Gasteiger partial charge in [0.2, 0.25) is 0 Å². The molecule has 2 aromatic carbocycles. The van der Waals surface area contributed by atoms with Crippen LogP contribution in [0.5, 0.6) is 11.5 Å². The van der Waals surface area contributed by atoms with Gasteiger partial charge in [-0.05, 0) is 42.7 Å². The number of Topliss-reactive ketones (excluding diaryl/α,β-unsaturated/α-hetero) is 1. The molecule has 0 aromatic heterocycles. The van der Waals surface area contributed by atoms with Crippen LogP contribution in [-0.2, 0) is 16.0 Å². The van der Waals surface area contributed by atoms with Gasteiger partial charge in [0.15, 0.2) is 17.3 Å². The van der Waals surface area contributed by atoms with Crippen molar-refractivity contribution >= 4 is 17.6 Å². The van der Waals surface area contributed by atoms with Crippen molar-refractivity contribution in [2.24, 2.45) is 5.92 Å². The van der Waals surface area contributed by atoms with Gasteiger partial charge in [-0.1, -0.05) is 42.5 Å². The predicted molar refractivity (Wildman–Crippen MR) is 92.7 cm³/mol. The zero-order valence-electron chi connectivity index (χ0n) is 13.5. The minimum Gasteiger partial charge on any atom is -0.504 e. The van der Waals surface area contributed by atoms with Crippen LogP contribution < -0.4 is 0 Å². The molecule has 0 bridgehead atoms. The molecule has 0 amide bonds. The lowest BCUT2D eigenvalue weighted by Gasteiger charge is -2.12. The maximum atomic E-state index is 12.1. The molecule has 2 N–H and O–H groups in total. The summed E-state index contributed by atoms with van der Waals surface area (Å²) in [6.45, 7) is 1.50. The molecule has 0 aliphatic heterocycles. The molecule has 0 fully saturated rings. The molecule has 0 aliphatic carbocycles. The van der Waals surface area contributed by atoms with Gasteiger partial charge in [0, 0.05) is 12.3 Å². The second kappa shape index (κ2) is 8.11. The van der Waals surface area contributed by atoms with Gasteiger partial charge in [0.25, 0.3) is 0 Å².